The summed E-state index contributed by atoms with van der Waals surface area (Å²) in [6.07, 6.45) is 0.786. The number of carbonyl (C=O) groups excluding carboxylic acids is 2. The second kappa shape index (κ2) is 10.3. The summed E-state index contributed by atoms with van der Waals surface area (Å²) >= 11 is 12.0. The number of hydrogen-bond acceptors (Lipinski definition) is 3. The molecule has 0 saturated heterocycles. The number of ether oxygens (including phenoxy) is 1. The second-order valence-electron chi connectivity index (χ2n) is 6.73. The van der Waals surface area contributed by atoms with E-state index in [1.807, 2.05) is 25.1 Å². The maximum atomic E-state index is 12.8. The number of benzene rings is 3. The average Bonchev–Trinajstić information content (AvgIpc) is 2.73. The van der Waals surface area contributed by atoms with E-state index in [9.17, 15) is 9.59 Å². The van der Waals surface area contributed by atoms with E-state index in [0.717, 1.165) is 6.42 Å². The van der Waals surface area contributed by atoms with Crippen LogP contribution in [-0.2, 0) is 0 Å². The van der Waals surface area contributed by atoms with Crippen molar-refractivity contribution in [3.63, 3.8) is 0 Å². The van der Waals surface area contributed by atoms with Crippen LogP contribution in [0, 0.1) is 0 Å². The lowest BCUT2D eigenvalue weighted by Crippen LogP contribution is -2.27. The summed E-state index contributed by atoms with van der Waals surface area (Å²) in [5.74, 6) is 0.0665. The third-order valence-corrected chi connectivity index (χ3v) is 5.00. The number of ketones is 1. The van der Waals surface area contributed by atoms with Crippen LogP contribution in [0.1, 0.15) is 40.5 Å². The highest BCUT2D eigenvalue weighted by Gasteiger charge is 2.21. The molecule has 154 valence electrons. The molecular formula is C24H21Cl2NO3. The van der Waals surface area contributed by atoms with Crippen LogP contribution in [0.15, 0.2) is 72.8 Å². The highest BCUT2D eigenvalue weighted by atomic mass is 35.5. The van der Waals surface area contributed by atoms with Crippen molar-refractivity contribution in [2.24, 2.45) is 0 Å². The first-order valence-electron chi connectivity index (χ1n) is 9.60. The maximum Gasteiger partial charge on any atom is 0.257 e. The van der Waals surface area contributed by atoms with E-state index in [-0.39, 0.29) is 16.7 Å². The normalized spacial score (nSPS) is 11.6. The zero-order chi connectivity index (χ0) is 21.5. The molecule has 1 N–H and O–H groups in total. The Morgan fingerprint density at radius 3 is 2.43 bits per heavy atom. The summed E-state index contributed by atoms with van der Waals surface area (Å²) in [6.45, 7) is 2.00. The molecule has 0 fully saturated rings. The van der Waals surface area contributed by atoms with E-state index < -0.39 is 6.10 Å². The summed E-state index contributed by atoms with van der Waals surface area (Å²) in [5.41, 5.74) is 1.46. The van der Waals surface area contributed by atoms with Crippen LogP contribution in [-0.4, -0.2) is 17.8 Å². The smallest absolute Gasteiger partial charge is 0.257 e. The molecule has 3 aromatic rings. The number of nitrogens with one attached hydrogen (secondary N) is 1. The number of Topliss-reactive ketones (excluding diaryl/α,β-unsaturated/α-hetero) is 1. The highest BCUT2D eigenvalue weighted by Crippen LogP contribution is 2.24. The summed E-state index contributed by atoms with van der Waals surface area (Å²) in [5, 5.41) is 3.52. The van der Waals surface area contributed by atoms with Gasteiger partial charge in [0.1, 0.15) is 5.75 Å². The van der Waals surface area contributed by atoms with Gasteiger partial charge in [0.25, 0.3) is 5.91 Å². The second-order valence-corrected chi connectivity index (χ2v) is 7.58. The van der Waals surface area contributed by atoms with Gasteiger partial charge in [-0.05, 0) is 36.8 Å². The minimum absolute atomic E-state index is 0.0696. The number of halogens is 2. The van der Waals surface area contributed by atoms with E-state index in [0.29, 0.717) is 34.0 Å². The fourth-order valence-electron chi connectivity index (χ4n) is 2.98. The molecular weight excluding hydrogens is 421 g/mol. The third-order valence-electron chi connectivity index (χ3n) is 4.45. The number of rotatable bonds is 8. The Kier molecular flexibility index (Phi) is 7.50. The van der Waals surface area contributed by atoms with Gasteiger partial charge in [-0.1, -0.05) is 72.9 Å². The lowest BCUT2D eigenvalue weighted by Gasteiger charge is -2.18. The number of carbonyl (C=O) groups is 2. The first-order valence-corrected chi connectivity index (χ1v) is 10.4. The van der Waals surface area contributed by atoms with Crippen LogP contribution in [0.25, 0.3) is 0 Å². The molecule has 1 amide bonds. The maximum absolute atomic E-state index is 12.8. The third kappa shape index (κ3) is 5.62. The quantitative estimate of drug-likeness (QED) is 0.396. The summed E-state index contributed by atoms with van der Waals surface area (Å²) in [6, 6.07) is 20.7. The predicted molar refractivity (Wildman–Crippen MR) is 121 cm³/mol. The molecule has 30 heavy (non-hydrogen) atoms. The summed E-state index contributed by atoms with van der Waals surface area (Å²) in [4.78, 5) is 25.4. The van der Waals surface area contributed by atoms with Crippen molar-refractivity contribution in [1.82, 2.24) is 0 Å². The van der Waals surface area contributed by atoms with E-state index in [1.54, 1.807) is 48.5 Å². The Bertz CT molecular complexity index is 1040. The Labute approximate surface area is 185 Å². The largest absolute Gasteiger partial charge is 0.482 e. The zero-order valence-corrected chi connectivity index (χ0v) is 17.9. The van der Waals surface area contributed by atoms with Crippen LogP contribution in [0.2, 0.25) is 10.0 Å². The van der Waals surface area contributed by atoms with Gasteiger partial charge in [-0.3, -0.25) is 9.59 Å². The van der Waals surface area contributed by atoms with E-state index in [2.05, 4.69) is 5.32 Å². The van der Waals surface area contributed by atoms with Crippen LogP contribution in [0.4, 0.5) is 5.69 Å². The number of hydrogen-bond donors (Lipinski definition) is 1. The molecule has 0 aliphatic heterocycles. The molecule has 3 aromatic carbocycles. The van der Waals surface area contributed by atoms with Crippen molar-refractivity contribution in [2.75, 3.05) is 5.32 Å². The molecule has 0 radical (unpaired) electrons. The molecule has 0 aromatic heterocycles. The van der Waals surface area contributed by atoms with Crippen molar-refractivity contribution in [1.29, 1.82) is 0 Å². The zero-order valence-electron chi connectivity index (χ0n) is 16.4. The van der Waals surface area contributed by atoms with Gasteiger partial charge in [0.05, 0.1) is 10.6 Å². The van der Waals surface area contributed by atoms with Gasteiger partial charge in [0, 0.05) is 22.3 Å². The Balaban J connectivity index is 1.75. The molecule has 0 spiro atoms. The van der Waals surface area contributed by atoms with Crippen molar-refractivity contribution in [3.05, 3.63) is 94.0 Å². The SMILES string of the molecule is CCCC(Oc1cccc(NC(=O)c2ccc(Cl)cc2Cl)c1)C(=O)c1ccccc1. The molecule has 6 heteroatoms. The van der Waals surface area contributed by atoms with Crippen LogP contribution in [0.5, 0.6) is 5.75 Å². The number of amides is 1. The Hall–Kier alpha value is -2.82. The van der Waals surface area contributed by atoms with E-state index >= 15 is 0 Å². The van der Waals surface area contributed by atoms with Gasteiger partial charge in [-0.2, -0.15) is 0 Å². The topological polar surface area (TPSA) is 55.4 Å². The molecule has 0 aliphatic carbocycles. The van der Waals surface area contributed by atoms with Crippen molar-refractivity contribution >= 4 is 40.6 Å². The molecule has 0 heterocycles. The Morgan fingerprint density at radius 2 is 1.73 bits per heavy atom. The van der Waals surface area contributed by atoms with Crippen molar-refractivity contribution in [3.8, 4) is 5.75 Å². The molecule has 3 rings (SSSR count). The molecule has 4 nitrogen and oxygen atoms in total. The van der Waals surface area contributed by atoms with E-state index in [4.69, 9.17) is 27.9 Å². The van der Waals surface area contributed by atoms with Gasteiger partial charge in [-0.25, -0.2) is 0 Å². The standard InChI is InChI=1S/C24H21Cl2NO3/c1-2-7-22(23(28)16-8-4-3-5-9-16)30-19-11-6-10-18(15-19)27-24(29)20-13-12-17(25)14-21(20)26/h3-6,8-15,22H,2,7H2,1H3,(H,27,29). The molecule has 1 unspecified atom stereocenters. The van der Waals surface area contributed by atoms with Gasteiger partial charge >= 0.3 is 0 Å². The van der Waals surface area contributed by atoms with Crippen molar-refractivity contribution in [2.45, 2.75) is 25.9 Å². The molecule has 1 atom stereocenters. The van der Waals surface area contributed by atoms with Gasteiger partial charge in [0.15, 0.2) is 6.10 Å². The van der Waals surface area contributed by atoms with Crippen LogP contribution >= 0.6 is 23.2 Å². The van der Waals surface area contributed by atoms with Crippen molar-refractivity contribution < 1.29 is 14.3 Å². The molecule has 0 saturated carbocycles. The fourth-order valence-corrected chi connectivity index (χ4v) is 3.47. The molecule has 0 aliphatic rings. The van der Waals surface area contributed by atoms with Gasteiger partial charge in [0.2, 0.25) is 5.78 Å². The van der Waals surface area contributed by atoms with Gasteiger partial charge < -0.3 is 10.1 Å². The van der Waals surface area contributed by atoms with Crippen LogP contribution < -0.4 is 10.1 Å². The minimum atomic E-state index is -0.603. The fraction of sp³-hybridized carbons (Fsp3) is 0.167. The number of anilines is 1. The predicted octanol–water partition coefficient (Wildman–Crippen LogP) is 6.68. The lowest BCUT2D eigenvalue weighted by molar-refractivity contribution is 0.0777. The summed E-state index contributed by atoms with van der Waals surface area (Å²) < 4.78 is 5.99. The van der Waals surface area contributed by atoms with Gasteiger partial charge in [-0.15, -0.1) is 0 Å². The minimum Gasteiger partial charge on any atom is -0.482 e. The van der Waals surface area contributed by atoms with E-state index in [1.165, 1.54) is 6.07 Å². The monoisotopic (exact) mass is 441 g/mol. The first kappa shape index (κ1) is 21.9. The molecule has 0 bridgehead atoms. The van der Waals surface area contributed by atoms with Crippen LogP contribution in [0.3, 0.4) is 0 Å². The highest BCUT2D eigenvalue weighted by molar-refractivity contribution is 6.37. The lowest BCUT2D eigenvalue weighted by atomic mass is 10.0. The Morgan fingerprint density at radius 1 is 0.967 bits per heavy atom. The average molecular weight is 442 g/mol. The summed E-state index contributed by atoms with van der Waals surface area (Å²) in [7, 11) is 0. The first-order chi connectivity index (χ1) is 14.5.